The lowest BCUT2D eigenvalue weighted by Crippen LogP contribution is -2.37. The Kier molecular flexibility index (Phi) is 2.89. The van der Waals surface area contributed by atoms with Gasteiger partial charge in [-0.1, -0.05) is 35.3 Å². The minimum atomic E-state index is -0.544. The summed E-state index contributed by atoms with van der Waals surface area (Å²) in [5.74, 6) is 1.19. The molecule has 1 N–H and O–H groups in total. The van der Waals surface area contributed by atoms with Gasteiger partial charge in [-0.25, -0.2) is 0 Å². The summed E-state index contributed by atoms with van der Waals surface area (Å²) in [6, 6.07) is 5.66. The Hall–Kier alpha value is -0.240. The molecule has 3 heteroatoms. The summed E-state index contributed by atoms with van der Waals surface area (Å²) in [4.78, 5) is 0. The predicted octanol–water partition coefficient (Wildman–Crippen LogP) is 4.09. The van der Waals surface area contributed by atoms with Gasteiger partial charge in [0.15, 0.2) is 0 Å². The lowest BCUT2D eigenvalue weighted by Gasteiger charge is -2.33. The minimum absolute atomic E-state index is 0.461. The third-order valence-corrected chi connectivity index (χ3v) is 5.33. The largest absolute Gasteiger partial charge is 0.389 e. The topological polar surface area (TPSA) is 20.2 Å². The van der Waals surface area contributed by atoms with Gasteiger partial charge in [0.05, 0.1) is 15.6 Å². The number of rotatable bonds is 2. The summed E-state index contributed by atoms with van der Waals surface area (Å²) in [5.41, 5.74) is 0.436. The van der Waals surface area contributed by atoms with E-state index in [4.69, 9.17) is 23.2 Å². The molecular formula is C14H16Cl2O. The highest BCUT2D eigenvalue weighted by Crippen LogP contribution is 2.52. The zero-order chi connectivity index (χ0) is 12.0. The molecule has 1 nitrogen and oxygen atoms in total. The van der Waals surface area contributed by atoms with Gasteiger partial charge in [0.1, 0.15) is 0 Å². The van der Waals surface area contributed by atoms with Crippen molar-refractivity contribution in [2.75, 3.05) is 0 Å². The normalized spacial score (nSPS) is 35.5. The molecule has 0 saturated heterocycles. The zero-order valence-electron chi connectivity index (χ0n) is 9.63. The van der Waals surface area contributed by atoms with Crippen molar-refractivity contribution in [1.29, 1.82) is 0 Å². The molecule has 0 heterocycles. The van der Waals surface area contributed by atoms with Crippen molar-refractivity contribution in [1.82, 2.24) is 0 Å². The zero-order valence-corrected chi connectivity index (χ0v) is 11.1. The summed E-state index contributed by atoms with van der Waals surface area (Å²) < 4.78 is 0. The minimum Gasteiger partial charge on any atom is -0.389 e. The fourth-order valence-corrected chi connectivity index (χ4v) is 4.03. The van der Waals surface area contributed by atoms with Crippen LogP contribution in [0.25, 0.3) is 0 Å². The highest BCUT2D eigenvalue weighted by Gasteiger charge is 2.49. The second kappa shape index (κ2) is 4.15. The fourth-order valence-electron chi connectivity index (χ4n) is 3.65. The Morgan fingerprint density at radius 1 is 1.29 bits per heavy atom. The maximum atomic E-state index is 10.7. The van der Waals surface area contributed by atoms with E-state index in [-0.39, 0.29) is 0 Å². The van der Waals surface area contributed by atoms with E-state index < -0.39 is 5.60 Å². The van der Waals surface area contributed by atoms with Crippen LogP contribution in [0.3, 0.4) is 0 Å². The molecule has 0 spiro atoms. The van der Waals surface area contributed by atoms with Gasteiger partial charge in [0.25, 0.3) is 0 Å². The van der Waals surface area contributed by atoms with Crippen LogP contribution in [0.5, 0.6) is 0 Å². The van der Waals surface area contributed by atoms with Crippen LogP contribution in [-0.2, 0) is 6.42 Å². The SMILES string of the molecule is OC1(Cc2cccc(Cl)c2Cl)CC2CCC1C2. The van der Waals surface area contributed by atoms with Crippen LogP contribution >= 0.6 is 23.2 Å². The van der Waals surface area contributed by atoms with Crippen molar-refractivity contribution in [2.45, 2.75) is 37.7 Å². The molecule has 2 aliphatic rings. The van der Waals surface area contributed by atoms with Crippen LogP contribution < -0.4 is 0 Å². The molecule has 3 rings (SSSR count). The Labute approximate surface area is 112 Å². The molecular weight excluding hydrogens is 255 g/mol. The average Bonchev–Trinajstić information content (AvgIpc) is 2.84. The molecule has 2 bridgehead atoms. The van der Waals surface area contributed by atoms with Crippen molar-refractivity contribution in [3.05, 3.63) is 33.8 Å². The summed E-state index contributed by atoms with van der Waals surface area (Å²) in [6.45, 7) is 0. The van der Waals surface area contributed by atoms with E-state index in [1.165, 1.54) is 19.3 Å². The molecule has 1 aromatic carbocycles. The molecule has 0 aliphatic heterocycles. The van der Waals surface area contributed by atoms with Gasteiger partial charge in [0.2, 0.25) is 0 Å². The van der Waals surface area contributed by atoms with E-state index >= 15 is 0 Å². The molecule has 0 amide bonds. The highest BCUT2D eigenvalue weighted by atomic mass is 35.5. The number of aliphatic hydroxyl groups is 1. The molecule has 2 saturated carbocycles. The third-order valence-electron chi connectivity index (χ3n) is 4.47. The standard InChI is InChI=1S/C14H16Cl2O/c15-12-3-1-2-10(13(12)16)8-14(17)7-9-4-5-11(14)6-9/h1-3,9,11,17H,4-8H2. The van der Waals surface area contributed by atoms with Crippen LogP contribution in [0.15, 0.2) is 18.2 Å². The maximum Gasteiger partial charge on any atom is 0.0719 e. The molecule has 3 unspecified atom stereocenters. The van der Waals surface area contributed by atoms with Crippen molar-refractivity contribution in [2.24, 2.45) is 11.8 Å². The van der Waals surface area contributed by atoms with Crippen LogP contribution in [0.1, 0.15) is 31.2 Å². The van der Waals surface area contributed by atoms with Crippen molar-refractivity contribution in [3.8, 4) is 0 Å². The van der Waals surface area contributed by atoms with Gasteiger partial charge >= 0.3 is 0 Å². The summed E-state index contributed by atoms with van der Waals surface area (Å²) in [6.07, 6.45) is 5.22. The molecule has 2 aliphatic carbocycles. The van der Waals surface area contributed by atoms with E-state index in [9.17, 15) is 5.11 Å². The average molecular weight is 271 g/mol. The molecule has 2 fully saturated rings. The Bertz CT molecular complexity index is 446. The van der Waals surface area contributed by atoms with E-state index in [0.717, 1.165) is 17.9 Å². The third kappa shape index (κ3) is 1.99. The van der Waals surface area contributed by atoms with Crippen LogP contribution in [-0.4, -0.2) is 10.7 Å². The second-order valence-corrected chi connectivity index (χ2v) is 6.36. The first-order chi connectivity index (χ1) is 8.08. The number of hydrogen-bond acceptors (Lipinski definition) is 1. The van der Waals surface area contributed by atoms with Gasteiger partial charge in [-0.3, -0.25) is 0 Å². The monoisotopic (exact) mass is 270 g/mol. The second-order valence-electron chi connectivity index (χ2n) is 5.57. The fraction of sp³-hybridized carbons (Fsp3) is 0.571. The first kappa shape index (κ1) is 11.8. The first-order valence-corrected chi connectivity index (χ1v) is 6.99. The summed E-state index contributed by atoms with van der Waals surface area (Å²) in [7, 11) is 0. The van der Waals surface area contributed by atoms with Crippen LogP contribution in [0.2, 0.25) is 10.0 Å². The van der Waals surface area contributed by atoms with Crippen LogP contribution in [0.4, 0.5) is 0 Å². The molecule has 92 valence electrons. The predicted molar refractivity (Wildman–Crippen MR) is 70.6 cm³/mol. The quantitative estimate of drug-likeness (QED) is 0.859. The van der Waals surface area contributed by atoms with Crippen LogP contribution in [0, 0.1) is 11.8 Å². The Balaban J connectivity index is 1.85. The number of benzene rings is 1. The van der Waals surface area contributed by atoms with E-state index in [2.05, 4.69) is 0 Å². The lowest BCUT2D eigenvalue weighted by molar-refractivity contribution is -0.0124. The van der Waals surface area contributed by atoms with Gasteiger partial charge in [0, 0.05) is 6.42 Å². The Morgan fingerprint density at radius 3 is 2.76 bits per heavy atom. The molecule has 0 radical (unpaired) electrons. The van der Waals surface area contributed by atoms with Gasteiger partial charge in [-0.05, 0) is 49.1 Å². The van der Waals surface area contributed by atoms with E-state index in [1.807, 2.05) is 12.1 Å². The molecule has 0 aromatic heterocycles. The number of halogens is 2. The summed E-state index contributed by atoms with van der Waals surface area (Å²) >= 11 is 12.2. The van der Waals surface area contributed by atoms with Crippen molar-refractivity contribution < 1.29 is 5.11 Å². The molecule has 3 atom stereocenters. The number of hydrogen-bond donors (Lipinski definition) is 1. The molecule has 1 aromatic rings. The molecule has 17 heavy (non-hydrogen) atoms. The maximum absolute atomic E-state index is 10.7. The summed E-state index contributed by atoms with van der Waals surface area (Å²) in [5, 5.41) is 11.9. The Morgan fingerprint density at radius 2 is 2.12 bits per heavy atom. The van der Waals surface area contributed by atoms with E-state index in [0.29, 0.717) is 22.4 Å². The van der Waals surface area contributed by atoms with E-state index in [1.54, 1.807) is 6.07 Å². The van der Waals surface area contributed by atoms with Crippen molar-refractivity contribution >= 4 is 23.2 Å². The first-order valence-electron chi connectivity index (χ1n) is 6.24. The van der Waals surface area contributed by atoms with Crippen molar-refractivity contribution in [3.63, 3.8) is 0 Å². The van der Waals surface area contributed by atoms with Gasteiger partial charge in [-0.15, -0.1) is 0 Å². The van der Waals surface area contributed by atoms with Gasteiger partial charge < -0.3 is 5.11 Å². The number of fused-ring (bicyclic) bond motifs is 2. The smallest absolute Gasteiger partial charge is 0.0719 e. The highest BCUT2D eigenvalue weighted by molar-refractivity contribution is 6.42. The lowest BCUT2D eigenvalue weighted by atomic mass is 9.80. The van der Waals surface area contributed by atoms with Gasteiger partial charge in [-0.2, -0.15) is 0 Å².